The molecule has 2 aromatic rings. The molecular formula is C14H17BrN2O. The predicted molar refractivity (Wildman–Crippen MR) is 75.3 cm³/mol. The van der Waals surface area contributed by atoms with Crippen molar-refractivity contribution in [3.8, 4) is 0 Å². The van der Waals surface area contributed by atoms with Gasteiger partial charge in [-0.2, -0.15) is 5.10 Å². The van der Waals surface area contributed by atoms with Crippen LogP contribution < -0.4 is 0 Å². The summed E-state index contributed by atoms with van der Waals surface area (Å²) in [5.41, 5.74) is 1.99. The Morgan fingerprint density at radius 2 is 2.06 bits per heavy atom. The van der Waals surface area contributed by atoms with Gasteiger partial charge in [0.1, 0.15) is 6.10 Å². The standard InChI is InChI=1S/C14H17BrN2O/c1-2-8-17-14(12(15)10-16-17)13(18)9-11-6-4-3-5-7-11/h3-7,10,13,18H,2,8-9H2,1H3. The molecule has 0 spiro atoms. The van der Waals surface area contributed by atoms with Gasteiger partial charge >= 0.3 is 0 Å². The molecule has 0 aliphatic rings. The van der Waals surface area contributed by atoms with Gasteiger partial charge in [0, 0.05) is 13.0 Å². The summed E-state index contributed by atoms with van der Waals surface area (Å²) in [5, 5.41) is 14.6. The van der Waals surface area contributed by atoms with Crippen molar-refractivity contribution in [2.75, 3.05) is 0 Å². The minimum Gasteiger partial charge on any atom is -0.386 e. The highest BCUT2D eigenvalue weighted by Crippen LogP contribution is 2.26. The Bertz CT molecular complexity index is 496. The van der Waals surface area contributed by atoms with E-state index in [2.05, 4.69) is 28.0 Å². The van der Waals surface area contributed by atoms with E-state index in [1.165, 1.54) is 0 Å². The summed E-state index contributed by atoms with van der Waals surface area (Å²) in [4.78, 5) is 0. The zero-order valence-electron chi connectivity index (χ0n) is 10.4. The first-order valence-electron chi connectivity index (χ1n) is 6.15. The topological polar surface area (TPSA) is 38.0 Å². The van der Waals surface area contributed by atoms with Crippen LogP contribution in [0.3, 0.4) is 0 Å². The lowest BCUT2D eigenvalue weighted by Crippen LogP contribution is -2.11. The molecule has 1 heterocycles. The number of aliphatic hydroxyl groups excluding tert-OH is 1. The van der Waals surface area contributed by atoms with Gasteiger partial charge in [-0.15, -0.1) is 0 Å². The lowest BCUT2D eigenvalue weighted by atomic mass is 10.1. The maximum atomic E-state index is 10.4. The summed E-state index contributed by atoms with van der Waals surface area (Å²) in [6.45, 7) is 2.93. The van der Waals surface area contributed by atoms with Crippen molar-refractivity contribution in [1.29, 1.82) is 0 Å². The van der Waals surface area contributed by atoms with E-state index in [1.807, 2.05) is 35.0 Å². The molecule has 96 valence electrons. The number of rotatable bonds is 5. The van der Waals surface area contributed by atoms with Gasteiger partial charge in [-0.1, -0.05) is 37.3 Å². The second-order valence-electron chi connectivity index (χ2n) is 4.31. The van der Waals surface area contributed by atoms with Crippen molar-refractivity contribution < 1.29 is 5.11 Å². The number of aromatic nitrogens is 2. The molecule has 1 atom stereocenters. The molecule has 0 saturated heterocycles. The maximum Gasteiger partial charge on any atom is 0.101 e. The third-order valence-electron chi connectivity index (χ3n) is 2.86. The highest BCUT2D eigenvalue weighted by Gasteiger charge is 2.17. The van der Waals surface area contributed by atoms with Crippen molar-refractivity contribution in [3.63, 3.8) is 0 Å². The van der Waals surface area contributed by atoms with E-state index in [1.54, 1.807) is 6.20 Å². The summed E-state index contributed by atoms with van der Waals surface area (Å²) in [6, 6.07) is 10.0. The van der Waals surface area contributed by atoms with Gasteiger partial charge in [-0.25, -0.2) is 0 Å². The van der Waals surface area contributed by atoms with Crippen molar-refractivity contribution in [1.82, 2.24) is 9.78 Å². The van der Waals surface area contributed by atoms with E-state index in [9.17, 15) is 5.11 Å². The molecule has 0 saturated carbocycles. The van der Waals surface area contributed by atoms with Crippen molar-refractivity contribution >= 4 is 15.9 Å². The van der Waals surface area contributed by atoms with Crippen LogP contribution in [0.2, 0.25) is 0 Å². The molecule has 0 aliphatic carbocycles. The zero-order valence-corrected chi connectivity index (χ0v) is 12.0. The lowest BCUT2D eigenvalue weighted by Gasteiger charge is -2.14. The SMILES string of the molecule is CCCn1ncc(Br)c1C(O)Cc1ccccc1. The fraction of sp³-hybridized carbons (Fsp3) is 0.357. The molecular weight excluding hydrogens is 292 g/mol. The summed E-state index contributed by atoms with van der Waals surface area (Å²) in [6.07, 6.45) is 2.82. The number of halogens is 1. The van der Waals surface area contributed by atoms with Crippen LogP contribution in [0.5, 0.6) is 0 Å². The van der Waals surface area contributed by atoms with E-state index in [-0.39, 0.29) is 0 Å². The average molecular weight is 309 g/mol. The average Bonchev–Trinajstić information content (AvgIpc) is 2.72. The maximum absolute atomic E-state index is 10.4. The van der Waals surface area contributed by atoms with Crippen LogP contribution in [0.4, 0.5) is 0 Å². The van der Waals surface area contributed by atoms with E-state index < -0.39 is 6.10 Å². The first kappa shape index (κ1) is 13.3. The molecule has 0 amide bonds. The molecule has 0 bridgehead atoms. The summed E-state index contributed by atoms with van der Waals surface area (Å²) < 4.78 is 2.75. The highest BCUT2D eigenvalue weighted by atomic mass is 79.9. The number of hydrogen-bond donors (Lipinski definition) is 1. The molecule has 1 unspecified atom stereocenters. The normalized spacial score (nSPS) is 12.6. The number of hydrogen-bond acceptors (Lipinski definition) is 2. The van der Waals surface area contributed by atoms with Crippen LogP contribution >= 0.6 is 15.9 Å². The van der Waals surface area contributed by atoms with Crippen LogP contribution in [-0.4, -0.2) is 14.9 Å². The minimum atomic E-state index is -0.532. The molecule has 1 aromatic carbocycles. The van der Waals surface area contributed by atoms with Gasteiger partial charge in [-0.3, -0.25) is 4.68 Å². The summed E-state index contributed by atoms with van der Waals surface area (Å²) in [7, 11) is 0. The number of nitrogens with zero attached hydrogens (tertiary/aromatic N) is 2. The van der Waals surface area contributed by atoms with Crippen LogP contribution in [-0.2, 0) is 13.0 Å². The Morgan fingerprint density at radius 3 is 2.72 bits per heavy atom. The molecule has 18 heavy (non-hydrogen) atoms. The molecule has 1 aromatic heterocycles. The fourth-order valence-electron chi connectivity index (χ4n) is 2.03. The summed E-state index contributed by atoms with van der Waals surface area (Å²) in [5.74, 6) is 0. The monoisotopic (exact) mass is 308 g/mol. The Kier molecular flexibility index (Phi) is 4.55. The molecule has 0 aliphatic heterocycles. The summed E-state index contributed by atoms with van der Waals surface area (Å²) >= 11 is 3.46. The number of aryl methyl sites for hydroxylation is 1. The Balaban J connectivity index is 2.18. The smallest absolute Gasteiger partial charge is 0.101 e. The van der Waals surface area contributed by atoms with Gasteiger partial charge in [0.15, 0.2) is 0 Å². The highest BCUT2D eigenvalue weighted by molar-refractivity contribution is 9.10. The van der Waals surface area contributed by atoms with Crippen LogP contribution in [0.25, 0.3) is 0 Å². The number of benzene rings is 1. The minimum absolute atomic E-state index is 0.532. The van der Waals surface area contributed by atoms with Crippen LogP contribution in [0, 0.1) is 0 Å². The molecule has 1 N–H and O–H groups in total. The van der Waals surface area contributed by atoms with Gasteiger partial charge < -0.3 is 5.11 Å². The molecule has 3 nitrogen and oxygen atoms in total. The van der Waals surface area contributed by atoms with Crippen molar-refractivity contribution in [3.05, 3.63) is 52.3 Å². The van der Waals surface area contributed by atoms with Crippen LogP contribution in [0.15, 0.2) is 41.0 Å². The Hall–Kier alpha value is -1.13. The fourth-order valence-corrected chi connectivity index (χ4v) is 2.59. The van der Waals surface area contributed by atoms with E-state index in [0.29, 0.717) is 6.42 Å². The third-order valence-corrected chi connectivity index (χ3v) is 3.47. The van der Waals surface area contributed by atoms with E-state index in [0.717, 1.165) is 28.7 Å². The van der Waals surface area contributed by atoms with E-state index in [4.69, 9.17) is 0 Å². The zero-order chi connectivity index (χ0) is 13.0. The van der Waals surface area contributed by atoms with Gasteiger partial charge in [0.2, 0.25) is 0 Å². The predicted octanol–water partition coefficient (Wildman–Crippen LogP) is 3.33. The lowest BCUT2D eigenvalue weighted by molar-refractivity contribution is 0.166. The number of aliphatic hydroxyl groups is 1. The Morgan fingerprint density at radius 1 is 1.33 bits per heavy atom. The van der Waals surface area contributed by atoms with Gasteiger partial charge in [-0.05, 0) is 27.9 Å². The van der Waals surface area contributed by atoms with Crippen LogP contribution in [0.1, 0.15) is 30.7 Å². The van der Waals surface area contributed by atoms with Crippen molar-refractivity contribution in [2.24, 2.45) is 0 Å². The first-order valence-corrected chi connectivity index (χ1v) is 6.95. The second-order valence-corrected chi connectivity index (χ2v) is 5.16. The quantitative estimate of drug-likeness (QED) is 0.920. The molecule has 0 fully saturated rings. The van der Waals surface area contributed by atoms with Gasteiger partial charge in [0.25, 0.3) is 0 Å². The second kappa shape index (κ2) is 6.16. The molecule has 0 radical (unpaired) electrons. The van der Waals surface area contributed by atoms with Gasteiger partial charge in [0.05, 0.1) is 16.4 Å². The molecule has 4 heteroatoms. The molecule has 2 rings (SSSR count). The van der Waals surface area contributed by atoms with Crippen molar-refractivity contribution in [2.45, 2.75) is 32.4 Å². The largest absolute Gasteiger partial charge is 0.386 e. The Labute approximate surface area is 116 Å². The first-order chi connectivity index (χ1) is 8.72. The third kappa shape index (κ3) is 3.00. The van der Waals surface area contributed by atoms with E-state index >= 15 is 0 Å².